The Labute approximate surface area is 165 Å². The fraction of sp³-hybridized carbons (Fsp3) is 0.111. The van der Waals surface area contributed by atoms with Gasteiger partial charge in [-0.15, -0.1) is 0 Å². The van der Waals surface area contributed by atoms with Crippen LogP contribution in [0, 0.1) is 5.82 Å². The lowest BCUT2D eigenvalue weighted by atomic mass is 10.1. The molecule has 1 aromatic heterocycles. The highest BCUT2D eigenvalue weighted by atomic mass is 35.5. The minimum absolute atomic E-state index is 0.0597. The number of thioether (sulfide) groups is 1. The third kappa shape index (κ3) is 4.31. The number of carboxylic acid groups (broad SMARTS) is 1. The van der Waals surface area contributed by atoms with Crippen molar-refractivity contribution in [3.63, 3.8) is 0 Å². The van der Waals surface area contributed by atoms with Crippen molar-refractivity contribution in [2.24, 2.45) is 0 Å². The van der Waals surface area contributed by atoms with E-state index in [9.17, 15) is 27.5 Å². The molecular formula is C18H11ClF4N2O2S. The van der Waals surface area contributed by atoms with E-state index in [-0.39, 0.29) is 27.2 Å². The quantitative estimate of drug-likeness (QED) is 0.418. The van der Waals surface area contributed by atoms with E-state index in [1.54, 1.807) is 0 Å². The van der Waals surface area contributed by atoms with E-state index < -0.39 is 23.5 Å². The number of rotatable bonds is 5. The van der Waals surface area contributed by atoms with Crippen molar-refractivity contribution in [1.29, 1.82) is 0 Å². The molecule has 0 fully saturated rings. The maximum atomic E-state index is 13.2. The highest BCUT2D eigenvalue weighted by Gasteiger charge is 2.33. The van der Waals surface area contributed by atoms with Crippen LogP contribution in [0.15, 0.2) is 53.8 Å². The number of halogens is 5. The van der Waals surface area contributed by atoms with E-state index in [0.29, 0.717) is 5.69 Å². The second kappa shape index (κ2) is 7.84. The minimum Gasteiger partial charge on any atom is -0.477 e. The largest absolute Gasteiger partial charge is 0.477 e. The Hall–Kier alpha value is -2.52. The van der Waals surface area contributed by atoms with Crippen LogP contribution in [0.3, 0.4) is 0 Å². The van der Waals surface area contributed by atoms with E-state index >= 15 is 0 Å². The molecule has 4 nitrogen and oxygen atoms in total. The fourth-order valence-electron chi connectivity index (χ4n) is 2.53. The molecule has 3 rings (SSSR count). The predicted molar refractivity (Wildman–Crippen MR) is 96.5 cm³/mol. The Morgan fingerprint density at radius 3 is 2.46 bits per heavy atom. The summed E-state index contributed by atoms with van der Waals surface area (Å²) in [4.78, 5) is 15.5. The molecule has 0 atom stereocenters. The highest BCUT2D eigenvalue weighted by molar-refractivity contribution is 7.98. The molecule has 3 aromatic rings. The lowest BCUT2D eigenvalue weighted by Crippen LogP contribution is -2.09. The summed E-state index contributed by atoms with van der Waals surface area (Å²) >= 11 is 6.74. The summed E-state index contributed by atoms with van der Waals surface area (Å²) in [7, 11) is 0. The second-order valence-corrected chi connectivity index (χ2v) is 7.01. The van der Waals surface area contributed by atoms with Gasteiger partial charge in [-0.25, -0.2) is 14.2 Å². The van der Waals surface area contributed by atoms with Crippen LogP contribution in [0.25, 0.3) is 5.69 Å². The van der Waals surface area contributed by atoms with Gasteiger partial charge in [0.15, 0.2) is 10.9 Å². The van der Waals surface area contributed by atoms with Gasteiger partial charge in [0.1, 0.15) is 5.82 Å². The Balaban J connectivity index is 1.98. The average molecular weight is 431 g/mol. The first-order valence-corrected chi connectivity index (χ1v) is 9.08. The van der Waals surface area contributed by atoms with Crippen LogP contribution < -0.4 is 0 Å². The molecule has 2 aromatic carbocycles. The summed E-state index contributed by atoms with van der Waals surface area (Å²) in [5.41, 5.74) is -0.768. The molecule has 0 spiro atoms. The number of hydrogen-bond acceptors (Lipinski definition) is 3. The molecule has 0 aliphatic rings. The van der Waals surface area contributed by atoms with Gasteiger partial charge in [-0.1, -0.05) is 23.4 Å². The average Bonchev–Trinajstić information content (AvgIpc) is 3.04. The monoisotopic (exact) mass is 430 g/mol. The van der Waals surface area contributed by atoms with Crippen molar-refractivity contribution in [3.05, 3.63) is 76.3 Å². The first-order chi connectivity index (χ1) is 13.2. The zero-order valence-corrected chi connectivity index (χ0v) is 15.4. The fourth-order valence-corrected chi connectivity index (χ4v) is 3.71. The summed E-state index contributed by atoms with van der Waals surface area (Å²) in [6.45, 7) is 0. The van der Waals surface area contributed by atoms with E-state index in [1.807, 2.05) is 0 Å². The van der Waals surface area contributed by atoms with Gasteiger partial charge in [-0.3, -0.25) is 4.57 Å². The summed E-state index contributed by atoms with van der Waals surface area (Å²) in [6, 6.07) is 8.26. The maximum absolute atomic E-state index is 13.2. The zero-order chi connectivity index (χ0) is 20.5. The van der Waals surface area contributed by atoms with Crippen molar-refractivity contribution in [3.8, 4) is 5.69 Å². The molecule has 146 valence electrons. The summed E-state index contributed by atoms with van der Waals surface area (Å²) in [6.07, 6.45) is -3.46. The molecule has 10 heteroatoms. The van der Waals surface area contributed by atoms with Crippen LogP contribution in [0.4, 0.5) is 17.6 Å². The molecule has 0 saturated heterocycles. The smallest absolute Gasteiger partial charge is 0.416 e. The van der Waals surface area contributed by atoms with Gasteiger partial charge in [0.05, 0.1) is 11.8 Å². The lowest BCUT2D eigenvalue weighted by Gasteiger charge is -2.14. The number of aromatic nitrogens is 2. The Kier molecular flexibility index (Phi) is 5.66. The molecule has 0 saturated carbocycles. The molecule has 0 bridgehead atoms. The lowest BCUT2D eigenvalue weighted by molar-refractivity contribution is -0.138. The van der Waals surface area contributed by atoms with Gasteiger partial charge < -0.3 is 5.11 Å². The summed E-state index contributed by atoms with van der Waals surface area (Å²) < 4.78 is 54.1. The van der Waals surface area contributed by atoms with Crippen LogP contribution in [0.5, 0.6) is 0 Å². The summed E-state index contributed by atoms with van der Waals surface area (Å²) in [5.74, 6) is -1.93. The van der Waals surface area contributed by atoms with Crippen molar-refractivity contribution < 1.29 is 27.5 Å². The topological polar surface area (TPSA) is 55.1 Å². The molecule has 0 amide bonds. The second-order valence-electron chi connectivity index (χ2n) is 5.63. The Morgan fingerprint density at radius 1 is 1.18 bits per heavy atom. The first-order valence-electron chi connectivity index (χ1n) is 7.72. The van der Waals surface area contributed by atoms with Crippen molar-refractivity contribution >= 4 is 29.3 Å². The minimum atomic E-state index is -4.56. The number of aromatic carboxylic acids is 1. The molecule has 1 heterocycles. The van der Waals surface area contributed by atoms with Crippen LogP contribution in [0.1, 0.15) is 21.6 Å². The van der Waals surface area contributed by atoms with E-state index in [0.717, 1.165) is 42.2 Å². The number of alkyl halides is 3. The Bertz CT molecular complexity index is 1020. The molecule has 0 aliphatic carbocycles. The normalized spacial score (nSPS) is 11.6. The molecule has 1 N–H and O–H groups in total. The van der Waals surface area contributed by atoms with Crippen molar-refractivity contribution in [1.82, 2.24) is 9.55 Å². The van der Waals surface area contributed by atoms with Crippen LogP contribution in [-0.2, 0) is 11.9 Å². The standard InChI is InChI=1S/C18H11ClF4N2O2S/c19-11-1-6-14(18(21,22)23)10(7-11)9-28-17-24-8-15(16(26)27)25(17)13-4-2-12(20)3-5-13/h1-8H,9H2,(H,26,27). The van der Waals surface area contributed by atoms with Gasteiger partial charge in [0, 0.05) is 16.5 Å². The van der Waals surface area contributed by atoms with E-state index in [2.05, 4.69) is 4.98 Å². The molecule has 0 unspecified atom stereocenters. The van der Waals surface area contributed by atoms with E-state index in [1.165, 1.54) is 22.8 Å². The molecule has 28 heavy (non-hydrogen) atoms. The first kappa shape index (κ1) is 20.2. The number of imidazole rings is 1. The zero-order valence-electron chi connectivity index (χ0n) is 13.9. The van der Waals surface area contributed by atoms with Crippen LogP contribution >= 0.6 is 23.4 Å². The SMILES string of the molecule is O=C(O)c1cnc(SCc2cc(Cl)ccc2C(F)(F)F)n1-c1ccc(F)cc1. The number of nitrogens with zero attached hydrogens (tertiary/aromatic N) is 2. The van der Waals surface area contributed by atoms with Gasteiger partial charge in [0.25, 0.3) is 0 Å². The predicted octanol–water partition coefficient (Wildman–Crippen LogP) is 5.67. The number of hydrogen-bond donors (Lipinski definition) is 1. The summed E-state index contributed by atoms with van der Waals surface area (Å²) in [5, 5.41) is 9.66. The number of benzene rings is 2. The third-order valence-corrected chi connectivity index (χ3v) is 5.00. The van der Waals surface area contributed by atoms with E-state index in [4.69, 9.17) is 11.6 Å². The molecule has 0 aliphatic heterocycles. The maximum Gasteiger partial charge on any atom is 0.416 e. The number of carbonyl (C=O) groups is 1. The highest BCUT2D eigenvalue weighted by Crippen LogP contribution is 2.36. The van der Waals surface area contributed by atoms with Crippen LogP contribution in [0.2, 0.25) is 5.02 Å². The molecular weight excluding hydrogens is 420 g/mol. The number of carboxylic acids is 1. The van der Waals surface area contributed by atoms with Gasteiger partial charge in [-0.2, -0.15) is 13.2 Å². The third-order valence-electron chi connectivity index (χ3n) is 3.76. The van der Waals surface area contributed by atoms with Crippen LogP contribution in [-0.4, -0.2) is 20.6 Å². The van der Waals surface area contributed by atoms with Gasteiger partial charge in [0.2, 0.25) is 0 Å². The van der Waals surface area contributed by atoms with Crippen molar-refractivity contribution in [2.45, 2.75) is 17.1 Å². The van der Waals surface area contributed by atoms with Gasteiger partial charge in [-0.05, 0) is 48.0 Å². The van der Waals surface area contributed by atoms with Gasteiger partial charge >= 0.3 is 12.1 Å². The van der Waals surface area contributed by atoms with Crippen molar-refractivity contribution in [2.75, 3.05) is 0 Å². The Morgan fingerprint density at radius 2 is 1.86 bits per heavy atom. The molecule has 0 radical (unpaired) electrons.